The SMILES string of the molecule is CCCCCCCCCCCCO[Si]1(CCCSC(=O)CCCCCCC)OCCC(CCCCCCCCCCCC)CNO1. The van der Waals surface area contributed by atoms with Crippen LogP contribution in [0.15, 0.2) is 0 Å². The van der Waals surface area contributed by atoms with Crippen molar-refractivity contribution in [3.05, 3.63) is 0 Å². The summed E-state index contributed by atoms with van der Waals surface area (Å²) >= 11 is 1.50. The molecule has 0 aromatic heterocycles. The van der Waals surface area contributed by atoms with Gasteiger partial charge in [0.1, 0.15) is 0 Å². The molecule has 1 rings (SSSR count). The number of carbonyl (C=O) groups is 1. The van der Waals surface area contributed by atoms with E-state index in [2.05, 4.69) is 26.3 Å². The first kappa shape index (κ1) is 44.1. The molecule has 274 valence electrons. The number of nitrogens with one attached hydrogen (secondary N) is 1. The van der Waals surface area contributed by atoms with Crippen molar-refractivity contribution >= 4 is 25.7 Å². The second-order valence-electron chi connectivity index (χ2n) is 14.1. The second-order valence-corrected chi connectivity index (χ2v) is 17.9. The molecule has 1 aliphatic rings. The molecule has 0 aromatic rings. The minimum absolute atomic E-state index is 0.339. The Labute approximate surface area is 292 Å². The summed E-state index contributed by atoms with van der Waals surface area (Å²) in [5.41, 5.74) is 3.34. The summed E-state index contributed by atoms with van der Waals surface area (Å²) in [6, 6.07) is 0.789. The molecule has 1 N–H and O–H groups in total. The smallest absolute Gasteiger partial charge is 0.373 e. The van der Waals surface area contributed by atoms with Gasteiger partial charge in [-0.25, -0.2) is 5.48 Å². The van der Waals surface area contributed by atoms with Gasteiger partial charge < -0.3 is 8.85 Å². The lowest BCUT2D eigenvalue weighted by atomic mass is 9.97. The summed E-state index contributed by atoms with van der Waals surface area (Å²) in [6.07, 6.45) is 37.0. The normalized spacial score (nSPS) is 18.9. The molecule has 0 radical (unpaired) electrons. The Hall–Kier alpha value is 0.0769. The molecule has 2 unspecified atom stereocenters. The molecule has 0 amide bonds. The highest BCUT2D eigenvalue weighted by molar-refractivity contribution is 8.13. The first-order valence-electron chi connectivity index (χ1n) is 20.5. The van der Waals surface area contributed by atoms with Crippen molar-refractivity contribution in [3.63, 3.8) is 0 Å². The van der Waals surface area contributed by atoms with Crippen LogP contribution in [0.4, 0.5) is 0 Å². The van der Waals surface area contributed by atoms with E-state index in [0.29, 0.717) is 17.5 Å². The van der Waals surface area contributed by atoms with Gasteiger partial charge in [0.15, 0.2) is 5.12 Å². The lowest BCUT2D eigenvalue weighted by Gasteiger charge is -2.33. The first-order valence-corrected chi connectivity index (χ1v) is 23.4. The number of hydrogen-bond acceptors (Lipinski definition) is 6. The minimum atomic E-state index is -2.80. The average Bonchev–Trinajstić information content (AvgIpc) is 3.05. The second kappa shape index (κ2) is 33.6. The number of unbranched alkanes of at least 4 members (excludes halogenated alkanes) is 22. The lowest BCUT2D eigenvalue weighted by Crippen LogP contribution is -2.52. The number of carbonyl (C=O) groups excluding carboxylic acids is 1. The van der Waals surface area contributed by atoms with Crippen LogP contribution in [0.25, 0.3) is 0 Å². The van der Waals surface area contributed by atoms with Crippen molar-refractivity contribution in [1.82, 2.24) is 5.48 Å². The zero-order valence-electron chi connectivity index (χ0n) is 31.2. The maximum Gasteiger partial charge on any atom is 0.517 e. The highest BCUT2D eigenvalue weighted by Gasteiger charge is 2.42. The van der Waals surface area contributed by atoms with Gasteiger partial charge in [0, 0.05) is 38.0 Å². The van der Waals surface area contributed by atoms with Gasteiger partial charge in [0.05, 0.1) is 0 Å². The van der Waals surface area contributed by atoms with Gasteiger partial charge in [0.25, 0.3) is 0 Å². The molecule has 7 heteroatoms. The summed E-state index contributed by atoms with van der Waals surface area (Å²) in [7, 11) is -2.80. The van der Waals surface area contributed by atoms with Gasteiger partial charge >= 0.3 is 8.80 Å². The Bertz CT molecular complexity index is 645. The fourth-order valence-corrected chi connectivity index (χ4v) is 9.90. The van der Waals surface area contributed by atoms with Gasteiger partial charge in [0.2, 0.25) is 0 Å². The first-order chi connectivity index (χ1) is 22.7. The highest BCUT2D eigenvalue weighted by atomic mass is 32.2. The molecular formula is C39H79NO4SSi. The Morgan fingerprint density at radius 3 is 1.74 bits per heavy atom. The molecule has 0 saturated carbocycles. The molecule has 0 aromatic carbocycles. The standard InChI is InChI=1S/C39H79NO4SSi/c1-4-7-10-13-15-17-19-21-24-26-30-38-32-34-43-46(44-40-37-38,36-29-35-45-39(41)31-27-23-12-9-6-3)42-33-28-25-22-20-18-16-14-11-8-5-2/h38,40H,4-37H2,1-3H3. The van der Waals surface area contributed by atoms with Gasteiger partial charge in [-0.05, 0) is 38.0 Å². The van der Waals surface area contributed by atoms with Crippen molar-refractivity contribution in [1.29, 1.82) is 0 Å². The van der Waals surface area contributed by atoms with Crippen LogP contribution in [0.3, 0.4) is 0 Å². The van der Waals surface area contributed by atoms with E-state index in [1.807, 2.05) is 0 Å². The van der Waals surface area contributed by atoms with Crippen LogP contribution in [0.5, 0.6) is 0 Å². The molecule has 5 nitrogen and oxygen atoms in total. The average molecular weight is 686 g/mol. The molecular weight excluding hydrogens is 607 g/mol. The fourth-order valence-electron chi connectivity index (χ4n) is 6.45. The van der Waals surface area contributed by atoms with E-state index < -0.39 is 8.80 Å². The van der Waals surface area contributed by atoms with E-state index in [-0.39, 0.29) is 0 Å². The van der Waals surface area contributed by atoms with Crippen molar-refractivity contribution in [2.75, 3.05) is 25.5 Å². The number of hydroxylamine groups is 1. The predicted molar refractivity (Wildman–Crippen MR) is 203 cm³/mol. The predicted octanol–water partition coefficient (Wildman–Crippen LogP) is 12.7. The summed E-state index contributed by atoms with van der Waals surface area (Å²) in [5, 5.41) is 0.339. The van der Waals surface area contributed by atoms with E-state index in [1.54, 1.807) is 0 Å². The van der Waals surface area contributed by atoms with E-state index in [1.165, 1.54) is 166 Å². The van der Waals surface area contributed by atoms with E-state index in [4.69, 9.17) is 13.4 Å². The Morgan fingerprint density at radius 1 is 0.674 bits per heavy atom. The van der Waals surface area contributed by atoms with Crippen LogP contribution >= 0.6 is 11.8 Å². The van der Waals surface area contributed by atoms with Crippen molar-refractivity contribution in [2.24, 2.45) is 5.92 Å². The summed E-state index contributed by atoms with van der Waals surface area (Å²) in [5.74, 6) is 1.44. The topological polar surface area (TPSA) is 56.8 Å². The molecule has 1 fully saturated rings. The summed E-state index contributed by atoms with van der Waals surface area (Å²) < 4.78 is 19.4. The maximum atomic E-state index is 12.4. The van der Waals surface area contributed by atoms with E-state index >= 15 is 0 Å². The van der Waals surface area contributed by atoms with Crippen LogP contribution in [-0.4, -0.2) is 39.4 Å². The van der Waals surface area contributed by atoms with Crippen LogP contribution in [-0.2, 0) is 18.2 Å². The van der Waals surface area contributed by atoms with Crippen molar-refractivity contribution in [3.8, 4) is 0 Å². The monoisotopic (exact) mass is 686 g/mol. The van der Waals surface area contributed by atoms with Crippen molar-refractivity contribution in [2.45, 2.75) is 213 Å². The molecule has 1 aliphatic heterocycles. The third kappa shape index (κ3) is 27.0. The van der Waals surface area contributed by atoms with Crippen LogP contribution in [0.2, 0.25) is 6.04 Å². The lowest BCUT2D eigenvalue weighted by molar-refractivity contribution is -0.111. The van der Waals surface area contributed by atoms with Gasteiger partial charge in [-0.2, -0.15) is 0 Å². The quantitative estimate of drug-likeness (QED) is 0.0548. The highest BCUT2D eigenvalue weighted by Crippen LogP contribution is 2.25. The largest absolute Gasteiger partial charge is 0.517 e. The van der Waals surface area contributed by atoms with Crippen molar-refractivity contribution < 1.29 is 18.2 Å². The van der Waals surface area contributed by atoms with Crippen LogP contribution in [0.1, 0.15) is 207 Å². The zero-order valence-corrected chi connectivity index (χ0v) is 33.0. The van der Waals surface area contributed by atoms with Crippen LogP contribution < -0.4 is 5.48 Å². The summed E-state index contributed by atoms with van der Waals surface area (Å²) in [4.78, 5) is 12.4. The Kier molecular flexibility index (Phi) is 32.2. The Balaban J connectivity index is 2.36. The third-order valence-corrected chi connectivity index (χ3v) is 13.3. The van der Waals surface area contributed by atoms with E-state index in [9.17, 15) is 4.79 Å². The third-order valence-electron chi connectivity index (χ3n) is 9.61. The van der Waals surface area contributed by atoms with Gasteiger partial charge in [-0.1, -0.05) is 180 Å². The number of thioether (sulfide) groups is 1. The molecule has 1 heterocycles. The fraction of sp³-hybridized carbons (Fsp3) is 0.974. The molecule has 0 spiro atoms. The van der Waals surface area contributed by atoms with Crippen LogP contribution in [0, 0.1) is 5.92 Å². The minimum Gasteiger partial charge on any atom is -0.373 e. The zero-order chi connectivity index (χ0) is 33.2. The molecule has 2 atom stereocenters. The van der Waals surface area contributed by atoms with E-state index in [0.717, 1.165) is 57.2 Å². The number of rotatable bonds is 33. The summed E-state index contributed by atoms with van der Waals surface area (Å²) in [6.45, 7) is 9.15. The maximum absolute atomic E-state index is 12.4. The Morgan fingerprint density at radius 2 is 1.17 bits per heavy atom. The number of hydrogen-bond donors (Lipinski definition) is 1. The molecule has 0 bridgehead atoms. The van der Waals surface area contributed by atoms with Gasteiger partial charge in [-0.15, -0.1) is 0 Å². The molecule has 0 aliphatic carbocycles. The molecule has 1 saturated heterocycles. The van der Waals surface area contributed by atoms with Gasteiger partial charge in [-0.3, -0.25) is 9.32 Å². The molecule has 46 heavy (non-hydrogen) atoms.